The minimum Gasteiger partial charge on any atom is -0.308 e. The van der Waals surface area contributed by atoms with Crippen LogP contribution in [0.2, 0.25) is 0 Å². The highest BCUT2D eigenvalue weighted by Crippen LogP contribution is 2.25. The summed E-state index contributed by atoms with van der Waals surface area (Å²) in [5.74, 6) is 0.597. The van der Waals surface area contributed by atoms with Crippen LogP contribution in [0.4, 0.5) is 0 Å². The van der Waals surface area contributed by atoms with E-state index in [-0.39, 0.29) is 5.56 Å². The van der Waals surface area contributed by atoms with Gasteiger partial charge in [0.1, 0.15) is 17.2 Å². The molecule has 6 nitrogen and oxygen atoms in total. The van der Waals surface area contributed by atoms with Crippen LogP contribution in [-0.2, 0) is 6.54 Å². The first-order valence-electron chi connectivity index (χ1n) is 5.48. The molecule has 18 heavy (non-hydrogen) atoms. The van der Waals surface area contributed by atoms with Gasteiger partial charge in [-0.1, -0.05) is 5.21 Å². The largest absolute Gasteiger partial charge is 0.308 e. The molecule has 0 spiro atoms. The molecule has 3 aromatic heterocycles. The molecule has 0 aliphatic heterocycles. The lowest BCUT2D eigenvalue weighted by molar-refractivity contribution is 0.625. The van der Waals surface area contributed by atoms with E-state index in [1.54, 1.807) is 28.4 Å². The van der Waals surface area contributed by atoms with Gasteiger partial charge in [-0.15, -0.1) is 16.4 Å². The fourth-order valence-corrected chi connectivity index (χ4v) is 2.89. The highest BCUT2D eigenvalue weighted by Gasteiger charge is 2.11. The molecule has 0 aromatic carbocycles. The second-order valence-corrected chi connectivity index (χ2v) is 5.28. The fourth-order valence-electron chi connectivity index (χ4n) is 1.84. The van der Waals surface area contributed by atoms with E-state index >= 15 is 0 Å². The molecule has 0 fully saturated rings. The summed E-state index contributed by atoms with van der Waals surface area (Å²) in [6, 6.07) is 0. The topological polar surface area (TPSA) is 76.5 Å². The standard InChI is InChI=1S/C11H11N5OS/c1-6-7(2)18-11-9(6)10(17)13-8(14-11)5-16-4-3-12-15-16/h3-4H,5H2,1-2H3,(H,13,14,17). The fraction of sp³-hybridized carbons (Fsp3) is 0.273. The predicted molar refractivity (Wildman–Crippen MR) is 68.8 cm³/mol. The first kappa shape index (κ1) is 11.1. The van der Waals surface area contributed by atoms with Crippen molar-refractivity contribution in [3.8, 4) is 0 Å². The van der Waals surface area contributed by atoms with Crippen molar-refractivity contribution in [2.45, 2.75) is 20.4 Å². The SMILES string of the molecule is Cc1sc2nc(Cn3ccnn3)[nH]c(=O)c2c1C. The number of H-pyrrole nitrogens is 1. The number of thiophene rings is 1. The van der Waals surface area contributed by atoms with Crippen LogP contribution < -0.4 is 5.56 Å². The van der Waals surface area contributed by atoms with Crippen molar-refractivity contribution in [1.82, 2.24) is 25.0 Å². The molecule has 0 amide bonds. The summed E-state index contributed by atoms with van der Waals surface area (Å²) in [6.07, 6.45) is 3.32. The second-order valence-electron chi connectivity index (χ2n) is 4.08. The summed E-state index contributed by atoms with van der Waals surface area (Å²) in [5, 5.41) is 8.26. The summed E-state index contributed by atoms with van der Waals surface area (Å²) in [4.78, 5) is 21.2. The Morgan fingerprint density at radius 2 is 2.28 bits per heavy atom. The summed E-state index contributed by atoms with van der Waals surface area (Å²) in [6.45, 7) is 4.36. The van der Waals surface area contributed by atoms with Gasteiger partial charge in [0, 0.05) is 11.1 Å². The first-order valence-corrected chi connectivity index (χ1v) is 6.30. The van der Waals surface area contributed by atoms with Crippen molar-refractivity contribution in [1.29, 1.82) is 0 Å². The third-order valence-electron chi connectivity index (χ3n) is 2.87. The van der Waals surface area contributed by atoms with Crippen molar-refractivity contribution < 1.29 is 0 Å². The summed E-state index contributed by atoms with van der Waals surface area (Å²) < 4.78 is 1.62. The van der Waals surface area contributed by atoms with E-state index < -0.39 is 0 Å². The number of aromatic nitrogens is 5. The minimum absolute atomic E-state index is 0.0861. The third-order valence-corrected chi connectivity index (χ3v) is 3.97. The second kappa shape index (κ2) is 4.02. The molecule has 3 heterocycles. The zero-order valence-corrected chi connectivity index (χ0v) is 10.8. The Hall–Kier alpha value is -2.02. The van der Waals surface area contributed by atoms with Crippen molar-refractivity contribution in [3.63, 3.8) is 0 Å². The van der Waals surface area contributed by atoms with Gasteiger partial charge in [-0.05, 0) is 19.4 Å². The number of hydrogen-bond donors (Lipinski definition) is 1. The molecule has 0 aliphatic rings. The van der Waals surface area contributed by atoms with Crippen molar-refractivity contribution in [2.24, 2.45) is 0 Å². The molecular formula is C11H11N5OS. The van der Waals surface area contributed by atoms with Gasteiger partial charge in [0.15, 0.2) is 0 Å². The van der Waals surface area contributed by atoms with Crippen LogP contribution in [0.1, 0.15) is 16.3 Å². The van der Waals surface area contributed by atoms with Gasteiger partial charge >= 0.3 is 0 Å². The molecule has 0 saturated heterocycles. The Morgan fingerprint density at radius 3 is 3.00 bits per heavy atom. The average Bonchev–Trinajstić information content (AvgIpc) is 2.89. The van der Waals surface area contributed by atoms with Gasteiger partial charge in [-0.25, -0.2) is 9.67 Å². The molecule has 1 N–H and O–H groups in total. The summed E-state index contributed by atoms with van der Waals surface area (Å²) >= 11 is 1.54. The molecule has 0 aliphatic carbocycles. The molecular weight excluding hydrogens is 250 g/mol. The van der Waals surface area contributed by atoms with Gasteiger partial charge in [-0.3, -0.25) is 4.79 Å². The molecule has 7 heteroatoms. The number of aromatic amines is 1. The maximum absolute atomic E-state index is 12.0. The summed E-state index contributed by atoms with van der Waals surface area (Å²) in [5.41, 5.74) is 0.924. The zero-order valence-electron chi connectivity index (χ0n) is 9.97. The molecule has 0 saturated carbocycles. The van der Waals surface area contributed by atoms with E-state index in [1.165, 1.54) is 0 Å². The Balaban J connectivity index is 2.13. The molecule has 0 bridgehead atoms. The van der Waals surface area contributed by atoms with Gasteiger partial charge in [0.05, 0.1) is 11.6 Å². The average molecular weight is 261 g/mol. The van der Waals surface area contributed by atoms with Crippen LogP contribution >= 0.6 is 11.3 Å². The monoisotopic (exact) mass is 261 g/mol. The number of hydrogen-bond acceptors (Lipinski definition) is 5. The quantitative estimate of drug-likeness (QED) is 0.753. The van der Waals surface area contributed by atoms with E-state index in [0.717, 1.165) is 15.3 Å². The predicted octanol–water partition coefficient (Wildman–Crippen LogP) is 1.24. The number of nitrogens with one attached hydrogen (secondary N) is 1. The number of nitrogens with zero attached hydrogens (tertiary/aromatic N) is 4. The van der Waals surface area contributed by atoms with E-state index in [4.69, 9.17) is 0 Å². The van der Waals surface area contributed by atoms with E-state index in [1.807, 2.05) is 13.8 Å². The Labute approximate surface area is 106 Å². The van der Waals surface area contributed by atoms with E-state index in [2.05, 4.69) is 20.3 Å². The first-order chi connectivity index (χ1) is 8.65. The van der Waals surface area contributed by atoms with Gasteiger partial charge in [-0.2, -0.15) is 0 Å². The molecule has 92 valence electrons. The van der Waals surface area contributed by atoms with Crippen LogP contribution in [0.3, 0.4) is 0 Å². The van der Waals surface area contributed by atoms with Crippen molar-refractivity contribution >= 4 is 21.6 Å². The molecule has 0 atom stereocenters. The number of fused-ring (bicyclic) bond motifs is 1. The highest BCUT2D eigenvalue weighted by molar-refractivity contribution is 7.18. The lowest BCUT2D eigenvalue weighted by Crippen LogP contribution is -2.14. The van der Waals surface area contributed by atoms with Gasteiger partial charge in [0.2, 0.25) is 0 Å². The Morgan fingerprint density at radius 1 is 1.44 bits per heavy atom. The number of aryl methyl sites for hydroxylation is 2. The van der Waals surface area contributed by atoms with Crippen LogP contribution in [0, 0.1) is 13.8 Å². The lowest BCUT2D eigenvalue weighted by Gasteiger charge is -2.00. The highest BCUT2D eigenvalue weighted by atomic mass is 32.1. The van der Waals surface area contributed by atoms with Crippen LogP contribution in [0.25, 0.3) is 10.2 Å². The Bertz CT molecular complexity index is 756. The zero-order chi connectivity index (χ0) is 12.7. The smallest absolute Gasteiger partial charge is 0.259 e. The van der Waals surface area contributed by atoms with Gasteiger partial charge < -0.3 is 4.98 Å². The summed E-state index contributed by atoms with van der Waals surface area (Å²) in [7, 11) is 0. The van der Waals surface area contributed by atoms with Crippen molar-refractivity contribution in [3.05, 3.63) is 39.0 Å². The van der Waals surface area contributed by atoms with Crippen LogP contribution in [0.15, 0.2) is 17.2 Å². The maximum atomic E-state index is 12.0. The van der Waals surface area contributed by atoms with Crippen LogP contribution in [-0.4, -0.2) is 25.0 Å². The van der Waals surface area contributed by atoms with E-state index in [9.17, 15) is 4.79 Å². The van der Waals surface area contributed by atoms with Crippen molar-refractivity contribution in [2.75, 3.05) is 0 Å². The lowest BCUT2D eigenvalue weighted by atomic mass is 10.2. The van der Waals surface area contributed by atoms with Crippen LogP contribution in [0.5, 0.6) is 0 Å². The normalized spacial score (nSPS) is 11.2. The Kier molecular flexibility index (Phi) is 2.48. The molecule has 0 unspecified atom stereocenters. The third kappa shape index (κ3) is 1.72. The van der Waals surface area contributed by atoms with Gasteiger partial charge in [0.25, 0.3) is 5.56 Å². The molecule has 3 rings (SSSR count). The molecule has 0 radical (unpaired) electrons. The van der Waals surface area contributed by atoms with E-state index in [0.29, 0.717) is 17.8 Å². The minimum atomic E-state index is -0.0861. The maximum Gasteiger partial charge on any atom is 0.259 e. The molecule has 3 aromatic rings. The number of rotatable bonds is 2.